The highest BCUT2D eigenvalue weighted by Crippen LogP contribution is 2.25. The molecule has 1 atom stereocenters. The van der Waals surface area contributed by atoms with Gasteiger partial charge in [-0.05, 0) is 29.2 Å². The fourth-order valence-electron chi connectivity index (χ4n) is 1.80. The molecule has 2 rings (SSSR count). The number of alkyl halides is 1. The number of rotatable bonds is 3. The van der Waals surface area contributed by atoms with Gasteiger partial charge in [-0.15, -0.1) is 11.6 Å². The second kappa shape index (κ2) is 5.49. The fraction of sp³-hybridized carbons (Fsp3) is 0.200. The molecule has 0 amide bonds. The van der Waals surface area contributed by atoms with E-state index in [-0.39, 0.29) is 5.92 Å². The number of halogens is 3. The average Bonchev–Trinajstić information content (AvgIpc) is 2.38. The monoisotopic (exact) mass is 266 g/mol. The minimum atomic E-state index is -0.566. The van der Waals surface area contributed by atoms with Crippen molar-refractivity contribution in [3.05, 3.63) is 59.7 Å². The van der Waals surface area contributed by atoms with Gasteiger partial charge in [0.25, 0.3) is 0 Å². The third-order valence-electron chi connectivity index (χ3n) is 2.95. The predicted molar refractivity (Wildman–Crippen MR) is 70.9 cm³/mol. The summed E-state index contributed by atoms with van der Waals surface area (Å²) >= 11 is 5.78. The lowest BCUT2D eigenvalue weighted by molar-refractivity contribution is 0.585. The molecule has 0 radical (unpaired) electrons. The summed E-state index contributed by atoms with van der Waals surface area (Å²) in [5.74, 6) is -0.305. The van der Waals surface area contributed by atoms with Crippen molar-refractivity contribution in [1.29, 1.82) is 0 Å². The van der Waals surface area contributed by atoms with Crippen LogP contribution in [0.4, 0.5) is 8.78 Å². The largest absolute Gasteiger partial charge is 0.207 e. The van der Waals surface area contributed by atoms with E-state index in [2.05, 4.69) is 0 Å². The lowest BCUT2D eigenvalue weighted by Crippen LogP contribution is -1.94. The van der Waals surface area contributed by atoms with Gasteiger partial charge in [-0.3, -0.25) is 0 Å². The lowest BCUT2D eigenvalue weighted by Gasteiger charge is -2.09. The summed E-state index contributed by atoms with van der Waals surface area (Å²) in [6.45, 7) is 2.03. The van der Waals surface area contributed by atoms with Crippen LogP contribution in [0.1, 0.15) is 18.4 Å². The fourth-order valence-corrected chi connectivity index (χ4v) is 1.98. The first-order chi connectivity index (χ1) is 8.61. The Bertz CT molecular complexity index is 535. The molecule has 94 valence electrons. The van der Waals surface area contributed by atoms with E-state index < -0.39 is 11.6 Å². The van der Waals surface area contributed by atoms with Crippen LogP contribution in [0.2, 0.25) is 0 Å². The van der Waals surface area contributed by atoms with Gasteiger partial charge in [0.1, 0.15) is 11.6 Å². The summed E-state index contributed by atoms with van der Waals surface area (Å²) in [5, 5.41) is 0. The number of benzene rings is 2. The van der Waals surface area contributed by atoms with E-state index in [1.165, 1.54) is 12.1 Å². The SMILES string of the molecule is CC(CCl)c1ccc(-c2ccc(F)cc2F)cc1. The van der Waals surface area contributed by atoms with Crippen LogP contribution in [-0.4, -0.2) is 5.88 Å². The van der Waals surface area contributed by atoms with Crippen molar-refractivity contribution in [3.8, 4) is 11.1 Å². The van der Waals surface area contributed by atoms with E-state index in [9.17, 15) is 8.78 Å². The molecule has 0 N–H and O–H groups in total. The molecular weight excluding hydrogens is 254 g/mol. The standard InChI is InChI=1S/C15H13ClF2/c1-10(9-16)11-2-4-12(5-3-11)14-7-6-13(17)8-15(14)18/h2-8,10H,9H2,1H3. The zero-order chi connectivity index (χ0) is 13.1. The van der Waals surface area contributed by atoms with Crippen molar-refractivity contribution in [1.82, 2.24) is 0 Å². The highest BCUT2D eigenvalue weighted by atomic mass is 35.5. The Morgan fingerprint density at radius 3 is 2.28 bits per heavy atom. The van der Waals surface area contributed by atoms with Gasteiger partial charge in [0.2, 0.25) is 0 Å². The Labute approximate surface area is 110 Å². The van der Waals surface area contributed by atoms with Gasteiger partial charge in [-0.2, -0.15) is 0 Å². The topological polar surface area (TPSA) is 0 Å². The van der Waals surface area contributed by atoms with Gasteiger partial charge in [0.05, 0.1) is 0 Å². The number of hydrogen-bond acceptors (Lipinski definition) is 0. The highest BCUT2D eigenvalue weighted by molar-refractivity contribution is 6.18. The maximum Gasteiger partial charge on any atom is 0.133 e. The quantitative estimate of drug-likeness (QED) is 0.688. The zero-order valence-electron chi connectivity index (χ0n) is 9.96. The van der Waals surface area contributed by atoms with Crippen molar-refractivity contribution in [2.24, 2.45) is 0 Å². The average molecular weight is 267 g/mol. The van der Waals surface area contributed by atoms with Crippen molar-refractivity contribution < 1.29 is 8.78 Å². The summed E-state index contributed by atoms with van der Waals surface area (Å²) in [7, 11) is 0. The van der Waals surface area contributed by atoms with Crippen LogP contribution in [-0.2, 0) is 0 Å². The zero-order valence-corrected chi connectivity index (χ0v) is 10.7. The Kier molecular flexibility index (Phi) is 3.97. The Balaban J connectivity index is 2.34. The minimum absolute atomic E-state index is 0.263. The molecule has 2 aromatic rings. The van der Waals surface area contributed by atoms with Gasteiger partial charge in [0, 0.05) is 17.5 Å². The summed E-state index contributed by atoms with van der Waals surface area (Å²) < 4.78 is 26.4. The summed E-state index contributed by atoms with van der Waals surface area (Å²) in [6.07, 6.45) is 0. The first kappa shape index (κ1) is 13.0. The van der Waals surface area contributed by atoms with Gasteiger partial charge in [-0.1, -0.05) is 31.2 Å². The molecule has 0 aliphatic carbocycles. The van der Waals surface area contributed by atoms with E-state index in [0.717, 1.165) is 17.2 Å². The van der Waals surface area contributed by atoms with Gasteiger partial charge >= 0.3 is 0 Å². The van der Waals surface area contributed by atoms with Crippen molar-refractivity contribution in [2.75, 3.05) is 5.88 Å². The third-order valence-corrected chi connectivity index (χ3v) is 3.42. The van der Waals surface area contributed by atoms with Crippen LogP contribution in [0.25, 0.3) is 11.1 Å². The Morgan fingerprint density at radius 2 is 1.72 bits per heavy atom. The first-order valence-corrected chi connectivity index (χ1v) is 6.26. The summed E-state index contributed by atoms with van der Waals surface area (Å²) in [6, 6.07) is 11.1. The normalized spacial score (nSPS) is 12.4. The predicted octanol–water partition coefficient (Wildman–Crippen LogP) is 4.97. The van der Waals surface area contributed by atoms with Crippen LogP contribution in [0.15, 0.2) is 42.5 Å². The maximum atomic E-state index is 13.6. The Morgan fingerprint density at radius 1 is 1.06 bits per heavy atom. The van der Waals surface area contributed by atoms with E-state index in [0.29, 0.717) is 11.4 Å². The van der Waals surface area contributed by atoms with Crippen LogP contribution in [0.3, 0.4) is 0 Å². The molecule has 0 saturated heterocycles. The lowest BCUT2D eigenvalue weighted by atomic mass is 9.98. The molecule has 0 aliphatic heterocycles. The molecule has 0 heterocycles. The highest BCUT2D eigenvalue weighted by Gasteiger charge is 2.08. The molecule has 0 bridgehead atoms. The van der Waals surface area contributed by atoms with Crippen LogP contribution in [0, 0.1) is 11.6 Å². The first-order valence-electron chi connectivity index (χ1n) is 5.73. The van der Waals surface area contributed by atoms with Crippen molar-refractivity contribution >= 4 is 11.6 Å². The van der Waals surface area contributed by atoms with Crippen LogP contribution >= 0.6 is 11.6 Å². The molecule has 3 heteroatoms. The third kappa shape index (κ3) is 2.70. The summed E-state index contributed by atoms with van der Waals surface area (Å²) in [4.78, 5) is 0. The number of hydrogen-bond donors (Lipinski definition) is 0. The van der Waals surface area contributed by atoms with Crippen LogP contribution in [0.5, 0.6) is 0 Å². The van der Waals surface area contributed by atoms with Gasteiger partial charge < -0.3 is 0 Å². The molecule has 0 spiro atoms. The van der Waals surface area contributed by atoms with E-state index in [1.54, 1.807) is 0 Å². The molecule has 0 saturated carbocycles. The van der Waals surface area contributed by atoms with Crippen molar-refractivity contribution in [2.45, 2.75) is 12.8 Å². The smallest absolute Gasteiger partial charge is 0.133 e. The minimum Gasteiger partial charge on any atom is -0.207 e. The van der Waals surface area contributed by atoms with Gasteiger partial charge in [0.15, 0.2) is 0 Å². The van der Waals surface area contributed by atoms with E-state index in [4.69, 9.17) is 11.6 Å². The Hall–Kier alpha value is -1.41. The molecule has 0 nitrogen and oxygen atoms in total. The molecule has 0 aliphatic rings. The second-order valence-electron chi connectivity index (χ2n) is 4.30. The van der Waals surface area contributed by atoms with E-state index >= 15 is 0 Å². The second-order valence-corrected chi connectivity index (χ2v) is 4.61. The van der Waals surface area contributed by atoms with Crippen LogP contribution < -0.4 is 0 Å². The maximum absolute atomic E-state index is 13.6. The molecule has 1 unspecified atom stereocenters. The summed E-state index contributed by atoms with van der Waals surface area (Å²) in [5.41, 5.74) is 2.25. The van der Waals surface area contributed by atoms with Gasteiger partial charge in [-0.25, -0.2) is 8.78 Å². The molecule has 0 fully saturated rings. The van der Waals surface area contributed by atoms with Crippen molar-refractivity contribution in [3.63, 3.8) is 0 Å². The molecular formula is C15H13ClF2. The molecule has 2 aromatic carbocycles. The van der Waals surface area contributed by atoms with E-state index in [1.807, 2.05) is 31.2 Å². The molecule has 0 aromatic heterocycles. The molecule has 18 heavy (non-hydrogen) atoms.